The van der Waals surface area contributed by atoms with Crippen LogP contribution in [0.1, 0.15) is 50.3 Å². The molecular formula is C26H34N2O4. The second-order valence-corrected chi connectivity index (χ2v) is 8.50. The van der Waals surface area contributed by atoms with Crippen molar-refractivity contribution in [2.75, 3.05) is 25.2 Å². The molecule has 3 rings (SSSR count). The highest BCUT2D eigenvalue weighted by Gasteiger charge is 2.42. The van der Waals surface area contributed by atoms with Crippen molar-refractivity contribution in [3.8, 4) is 5.75 Å². The number of piperidine rings is 1. The average Bonchev–Trinajstić information content (AvgIpc) is 2.79. The summed E-state index contributed by atoms with van der Waals surface area (Å²) < 4.78 is 11.2. The van der Waals surface area contributed by atoms with Crippen LogP contribution >= 0.6 is 0 Å². The van der Waals surface area contributed by atoms with Gasteiger partial charge in [-0.25, -0.2) is 0 Å². The van der Waals surface area contributed by atoms with Gasteiger partial charge in [-0.3, -0.25) is 9.59 Å². The molecule has 2 aromatic rings. The monoisotopic (exact) mass is 438 g/mol. The van der Waals surface area contributed by atoms with Gasteiger partial charge in [0.1, 0.15) is 5.75 Å². The number of methoxy groups -OCH3 is 1. The van der Waals surface area contributed by atoms with Crippen molar-refractivity contribution in [2.45, 2.75) is 52.2 Å². The summed E-state index contributed by atoms with van der Waals surface area (Å²) in [4.78, 5) is 28.2. The van der Waals surface area contributed by atoms with Crippen molar-refractivity contribution in [1.29, 1.82) is 0 Å². The van der Waals surface area contributed by atoms with Crippen LogP contribution in [0.5, 0.6) is 5.75 Å². The lowest BCUT2D eigenvalue weighted by Gasteiger charge is -2.41. The van der Waals surface area contributed by atoms with Gasteiger partial charge in [0.05, 0.1) is 25.2 Å². The number of carbonyl (C=O) groups is 2. The summed E-state index contributed by atoms with van der Waals surface area (Å²) in [6.07, 6.45) is 1.75. The molecule has 1 N–H and O–H groups in total. The van der Waals surface area contributed by atoms with Gasteiger partial charge in [-0.05, 0) is 51.8 Å². The van der Waals surface area contributed by atoms with Crippen LogP contribution in [0.25, 0.3) is 0 Å². The van der Waals surface area contributed by atoms with Gasteiger partial charge in [0, 0.05) is 30.8 Å². The summed E-state index contributed by atoms with van der Waals surface area (Å²) in [6.45, 7) is 7.15. The largest absolute Gasteiger partial charge is 0.496 e. The van der Waals surface area contributed by atoms with Crippen LogP contribution < -0.4 is 15.0 Å². The summed E-state index contributed by atoms with van der Waals surface area (Å²) in [5, 5.41) is 3.06. The molecule has 1 aliphatic heterocycles. The number of rotatable bonds is 9. The Morgan fingerprint density at radius 2 is 1.88 bits per heavy atom. The van der Waals surface area contributed by atoms with Crippen LogP contribution in [0.4, 0.5) is 5.69 Å². The average molecular weight is 439 g/mol. The Labute approximate surface area is 190 Å². The lowest BCUT2D eigenvalue weighted by atomic mass is 9.82. The van der Waals surface area contributed by atoms with E-state index in [-0.39, 0.29) is 23.8 Å². The van der Waals surface area contributed by atoms with E-state index in [9.17, 15) is 9.59 Å². The third kappa shape index (κ3) is 5.68. The Balaban J connectivity index is 1.90. The minimum atomic E-state index is -0.443. The van der Waals surface area contributed by atoms with Gasteiger partial charge in [-0.1, -0.05) is 35.9 Å². The van der Waals surface area contributed by atoms with Crippen molar-refractivity contribution >= 4 is 17.5 Å². The van der Waals surface area contributed by atoms with Crippen molar-refractivity contribution < 1.29 is 19.1 Å². The SMILES string of the molecule is COc1ccccc1C1C(C(=O)NCCCOC(C)C)CCC(=O)N1c1ccc(C)cc1. The molecule has 0 bridgehead atoms. The summed E-state index contributed by atoms with van der Waals surface area (Å²) in [6, 6.07) is 15.1. The third-order valence-corrected chi connectivity index (χ3v) is 5.78. The van der Waals surface area contributed by atoms with Gasteiger partial charge < -0.3 is 19.7 Å². The molecule has 0 saturated carbocycles. The van der Waals surface area contributed by atoms with Crippen molar-refractivity contribution in [1.82, 2.24) is 5.32 Å². The fourth-order valence-corrected chi connectivity index (χ4v) is 4.18. The Bertz CT molecular complexity index is 910. The van der Waals surface area contributed by atoms with Gasteiger partial charge in [-0.15, -0.1) is 0 Å². The molecule has 172 valence electrons. The molecule has 2 amide bonds. The molecule has 0 spiro atoms. The second-order valence-electron chi connectivity index (χ2n) is 8.50. The maximum Gasteiger partial charge on any atom is 0.227 e. The number of hydrogen-bond acceptors (Lipinski definition) is 4. The van der Waals surface area contributed by atoms with Crippen LogP contribution in [-0.2, 0) is 14.3 Å². The predicted molar refractivity (Wildman–Crippen MR) is 126 cm³/mol. The summed E-state index contributed by atoms with van der Waals surface area (Å²) in [5.74, 6) is 0.262. The molecule has 32 heavy (non-hydrogen) atoms. The number of aryl methyl sites for hydroxylation is 1. The molecule has 6 nitrogen and oxygen atoms in total. The quantitative estimate of drug-likeness (QED) is 0.589. The van der Waals surface area contributed by atoms with E-state index in [1.165, 1.54) is 0 Å². The minimum Gasteiger partial charge on any atom is -0.496 e. The predicted octanol–water partition coefficient (Wildman–Crippen LogP) is 4.42. The normalized spacial score (nSPS) is 18.7. The zero-order valence-corrected chi connectivity index (χ0v) is 19.5. The fourth-order valence-electron chi connectivity index (χ4n) is 4.18. The van der Waals surface area contributed by atoms with Gasteiger partial charge in [-0.2, -0.15) is 0 Å². The number of nitrogens with zero attached hydrogens (tertiary/aromatic N) is 1. The number of hydrogen-bond donors (Lipinski definition) is 1. The zero-order chi connectivity index (χ0) is 23.1. The van der Waals surface area contributed by atoms with Gasteiger partial charge >= 0.3 is 0 Å². The van der Waals surface area contributed by atoms with E-state index in [1.807, 2.05) is 69.3 Å². The molecule has 0 aromatic heterocycles. The van der Waals surface area contributed by atoms with E-state index >= 15 is 0 Å². The molecule has 2 atom stereocenters. The van der Waals surface area contributed by atoms with Crippen LogP contribution in [0, 0.1) is 12.8 Å². The summed E-state index contributed by atoms with van der Waals surface area (Å²) in [5.41, 5.74) is 2.75. The maximum absolute atomic E-state index is 13.3. The molecular weight excluding hydrogens is 404 g/mol. The molecule has 0 aliphatic carbocycles. The van der Waals surface area contributed by atoms with E-state index in [2.05, 4.69) is 5.32 Å². The lowest BCUT2D eigenvalue weighted by molar-refractivity contribution is -0.129. The summed E-state index contributed by atoms with van der Waals surface area (Å²) in [7, 11) is 1.61. The summed E-state index contributed by atoms with van der Waals surface area (Å²) >= 11 is 0. The first-order valence-electron chi connectivity index (χ1n) is 11.3. The first-order chi connectivity index (χ1) is 15.4. The standard InChI is InChI=1S/C26H34N2O4/c1-18(2)32-17-7-16-27-26(30)22-14-15-24(29)28(20-12-10-19(3)11-13-20)25(22)21-8-5-6-9-23(21)31-4/h5-6,8-13,18,22,25H,7,14-17H2,1-4H3,(H,27,30). The van der Waals surface area contributed by atoms with E-state index in [1.54, 1.807) is 12.0 Å². The van der Waals surface area contributed by atoms with E-state index in [0.29, 0.717) is 31.7 Å². The van der Waals surface area contributed by atoms with Gasteiger partial charge in [0.25, 0.3) is 0 Å². The van der Waals surface area contributed by atoms with Crippen molar-refractivity contribution in [2.24, 2.45) is 5.92 Å². The molecule has 1 fully saturated rings. The van der Waals surface area contributed by atoms with E-state index in [0.717, 1.165) is 23.2 Å². The number of ether oxygens (including phenoxy) is 2. The van der Waals surface area contributed by atoms with Crippen molar-refractivity contribution in [3.05, 3.63) is 59.7 Å². The smallest absolute Gasteiger partial charge is 0.227 e. The molecule has 2 aromatic carbocycles. The molecule has 2 unspecified atom stereocenters. The number of amides is 2. The fraction of sp³-hybridized carbons (Fsp3) is 0.462. The van der Waals surface area contributed by atoms with Crippen molar-refractivity contribution in [3.63, 3.8) is 0 Å². The number of para-hydroxylation sites is 1. The maximum atomic E-state index is 13.3. The highest BCUT2D eigenvalue weighted by Crippen LogP contribution is 2.43. The van der Waals surface area contributed by atoms with Crippen LogP contribution in [-0.4, -0.2) is 38.2 Å². The molecule has 1 saturated heterocycles. The molecule has 6 heteroatoms. The van der Waals surface area contributed by atoms with Crippen LogP contribution in [0.2, 0.25) is 0 Å². The minimum absolute atomic E-state index is 0.0131. The van der Waals surface area contributed by atoms with Gasteiger partial charge in [0.2, 0.25) is 11.8 Å². The highest BCUT2D eigenvalue weighted by molar-refractivity contribution is 5.97. The van der Waals surface area contributed by atoms with Crippen LogP contribution in [0.15, 0.2) is 48.5 Å². The highest BCUT2D eigenvalue weighted by atomic mass is 16.5. The first kappa shape index (κ1) is 23.8. The first-order valence-corrected chi connectivity index (χ1v) is 11.3. The van der Waals surface area contributed by atoms with E-state index < -0.39 is 6.04 Å². The Morgan fingerprint density at radius 3 is 2.56 bits per heavy atom. The Morgan fingerprint density at radius 1 is 1.16 bits per heavy atom. The van der Waals surface area contributed by atoms with E-state index in [4.69, 9.17) is 9.47 Å². The molecule has 1 aliphatic rings. The lowest BCUT2D eigenvalue weighted by Crippen LogP contribution is -2.48. The molecule has 0 radical (unpaired) electrons. The van der Waals surface area contributed by atoms with Gasteiger partial charge in [0.15, 0.2) is 0 Å². The topological polar surface area (TPSA) is 67.9 Å². The zero-order valence-electron chi connectivity index (χ0n) is 19.5. The number of carbonyl (C=O) groups excluding carboxylic acids is 2. The van der Waals surface area contributed by atoms with Crippen LogP contribution in [0.3, 0.4) is 0 Å². The number of nitrogens with one attached hydrogen (secondary N) is 1. The second kappa shape index (κ2) is 11.1. The number of anilines is 1. The molecule has 1 heterocycles. The third-order valence-electron chi connectivity index (χ3n) is 5.78. The Hall–Kier alpha value is -2.86. The Kier molecular flexibility index (Phi) is 8.28. The number of benzene rings is 2.